The first-order valence-corrected chi connectivity index (χ1v) is 5.97. The highest BCUT2D eigenvalue weighted by Crippen LogP contribution is 2.30. The van der Waals surface area contributed by atoms with Gasteiger partial charge in [-0.25, -0.2) is 0 Å². The van der Waals surface area contributed by atoms with Gasteiger partial charge in [0.25, 0.3) is 0 Å². The molecular formula is C11H19F3N2O2. The highest BCUT2D eigenvalue weighted by atomic mass is 19.4. The second kappa shape index (κ2) is 6.38. The van der Waals surface area contributed by atoms with Gasteiger partial charge in [-0.05, 0) is 12.3 Å². The summed E-state index contributed by atoms with van der Waals surface area (Å²) in [4.78, 5) is 12.7. The highest BCUT2D eigenvalue weighted by Gasteiger charge is 2.36. The van der Waals surface area contributed by atoms with E-state index < -0.39 is 18.5 Å². The van der Waals surface area contributed by atoms with Crippen molar-refractivity contribution in [2.45, 2.75) is 32.0 Å². The Bertz CT molecular complexity index is 284. The number of hydrogen-bond donors (Lipinski definition) is 2. The first-order valence-electron chi connectivity index (χ1n) is 5.97. The smallest absolute Gasteiger partial charge is 0.389 e. The molecule has 1 aliphatic rings. The molecular weight excluding hydrogens is 249 g/mol. The zero-order chi connectivity index (χ0) is 13.8. The van der Waals surface area contributed by atoms with Crippen LogP contribution in [0, 0.1) is 5.92 Å². The number of aliphatic hydroxyl groups excluding tert-OH is 1. The van der Waals surface area contributed by atoms with E-state index in [2.05, 4.69) is 5.32 Å². The van der Waals surface area contributed by atoms with Crippen LogP contribution in [0.2, 0.25) is 0 Å². The maximum absolute atomic E-state index is 12.4. The number of halogens is 3. The van der Waals surface area contributed by atoms with Gasteiger partial charge in [-0.15, -0.1) is 0 Å². The van der Waals surface area contributed by atoms with Crippen molar-refractivity contribution < 1.29 is 23.1 Å². The molecule has 0 aromatic rings. The molecule has 106 valence electrons. The van der Waals surface area contributed by atoms with E-state index >= 15 is 0 Å². The molecule has 0 spiro atoms. The maximum atomic E-state index is 12.4. The summed E-state index contributed by atoms with van der Waals surface area (Å²) in [5.41, 5.74) is 0. The molecule has 1 aliphatic heterocycles. The molecule has 7 heteroatoms. The number of carbonyl (C=O) groups is 1. The van der Waals surface area contributed by atoms with Crippen LogP contribution >= 0.6 is 0 Å². The number of aliphatic hydroxyl groups is 1. The SMILES string of the molecule is CC(=O)NC1CC(CC(F)(F)F)CN(CCO)C1. The van der Waals surface area contributed by atoms with Crippen molar-refractivity contribution in [2.75, 3.05) is 26.2 Å². The molecule has 0 aliphatic carbocycles. The lowest BCUT2D eigenvalue weighted by Crippen LogP contribution is -2.51. The average molecular weight is 268 g/mol. The van der Waals surface area contributed by atoms with Gasteiger partial charge in [0.2, 0.25) is 5.91 Å². The molecule has 1 fully saturated rings. The Morgan fingerprint density at radius 3 is 2.61 bits per heavy atom. The van der Waals surface area contributed by atoms with Gasteiger partial charge in [-0.2, -0.15) is 13.2 Å². The minimum atomic E-state index is -4.19. The lowest BCUT2D eigenvalue weighted by molar-refractivity contribution is -0.149. The van der Waals surface area contributed by atoms with E-state index in [9.17, 15) is 18.0 Å². The van der Waals surface area contributed by atoms with E-state index in [0.717, 1.165) is 0 Å². The fourth-order valence-electron chi connectivity index (χ4n) is 2.49. The molecule has 2 unspecified atom stereocenters. The molecule has 2 N–H and O–H groups in total. The third kappa shape index (κ3) is 5.68. The Labute approximate surface area is 104 Å². The molecule has 0 radical (unpaired) electrons. The first-order chi connectivity index (χ1) is 8.30. The third-order valence-electron chi connectivity index (χ3n) is 2.96. The van der Waals surface area contributed by atoms with Gasteiger partial charge in [0, 0.05) is 39.0 Å². The Morgan fingerprint density at radius 1 is 1.44 bits per heavy atom. The summed E-state index contributed by atoms with van der Waals surface area (Å²) in [7, 11) is 0. The van der Waals surface area contributed by atoms with E-state index in [1.807, 2.05) is 0 Å². The summed E-state index contributed by atoms with van der Waals surface area (Å²) in [5, 5.41) is 11.5. The van der Waals surface area contributed by atoms with Crippen molar-refractivity contribution in [3.63, 3.8) is 0 Å². The summed E-state index contributed by atoms with van der Waals surface area (Å²) in [6.07, 6.45) is -4.69. The van der Waals surface area contributed by atoms with Crippen LogP contribution in [0.1, 0.15) is 19.8 Å². The number of nitrogens with zero attached hydrogens (tertiary/aromatic N) is 1. The number of amides is 1. The van der Waals surface area contributed by atoms with Crippen molar-refractivity contribution >= 4 is 5.91 Å². The summed E-state index contributed by atoms with van der Waals surface area (Å²) in [5.74, 6) is -0.765. The van der Waals surface area contributed by atoms with Crippen LogP contribution in [0.25, 0.3) is 0 Å². The summed E-state index contributed by atoms with van der Waals surface area (Å²) >= 11 is 0. The summed E-state index contributed by atoms with van der Waals surface area (Å²) in [6, 6.07) is -0.268. The third-order valence-corrected chi connectivity index (χ3v) is 2.96. The standard InChI is InChI=1S/C11H19F3N2O2/c1-8(18)15-10-4-9(5-11(12,13)14)6-16(7-10)2-3-17/h9-10,17H,2-7H2,1H3,(H,15,18). The van der Waals surface area contributed by atoms with E-state index in [4.69, 9.17) is 5.11 Å². The van der Waals surface area contributed by atoms with Gasteiger partial charge in [0.05, 0.1) is 6.61 Å². The molecule has 1 amide bonds. The number of piperidine rings is 1. The van der Waals surface area contributed by atoms with Gasteiger partial charge in [0.15, 0.2) is 0 Å². The first kappa shape index (κ1) is 15.2. The molecule has 2 atom stereocenters. The van der Waals surface area contributed by atoms with Gasteiger partial charge < -0.3 is 10.4 Å². The average Bonchev–Trinajstić information content (AvgIpc) is 2.12. The minimum Gasteiger partial charge on any atom is -0.395 e. The number of nitrogens with one attached hydrogen (secondary N) is 1. The zero-order valence-electron chi connectivity index (χ0n) is 10.3. The Morgan fingerprint density at radius 2 is 2.11 bits per heavy atom. The molecule has 18 heavy (non-hydrogen) atoms. The van der Waals surface area contributed by atoms with Gasteiger partial charge in [-0.1, -0.05) is 0 Å². The van der Waals surface area contributed by atoms with E-state index in [0.29, 0.717) is 26.1 Å². The van der Waals surface area contributed by atoms with Crippen LogP contribution in [-0.4, -0.2) is 54.4 Å². The monoisotopic (exact) mass is 268 g/mol. The van der Waals surface area contributed by atoms with Crippen LogP contribution < -0.4 is 5.32 Å². The Hall–Kier alpha value is -0.820. The molecule has 1 heterocycles. The largest absolute Gasteiger partial charge is 0.395 e. The molecule has 4 nitrogen and oxygen atoms in total. The molecule has 1 rings (SSSR count). The molecule has 0 bridgehead atoms. The predicted octanol–water partition coefficient (Wildman–Crippen LogP) is 0.758. The Balaban J connectivity index is 2.58. The van der Waals surface area contributed by atoms with Crippen LogP contribution in [0.15, 0.2) is 0 Å². The maximum Gasteiger partial charge on any atom is 0.389 e. The number of β-amino-alcohol motifs (C(OH)–C–C–N with tert-alkyl or cyclic N) is 1. The van der Waals surface area contributed by atoms with Crippen molar-refractivity contribution in [1.82, 2.24) is 10.2 Å². The van der Waals surface area contributed by atoms with E-state index in [1.165, 1.54) is 6.92 Å². The lowest BCUT2D eigenvalue weighted by atomic mass is 9.91. The molecule has 0 aromatic heterocycles. The highest BCUT2D eigenvalue weighted by molar-refractivity contribution is 5.73. The number of likely N-dealkylation sites (tertiary alicyclic amines) is 1. The van der Waals surface area contributed by atoms with Gasteiger partial charge in [-0.3, -0.25) is 9.69 Å². The fourth-order valence-corrected chi connectivity index (χ4v) is 2.49. The second-order valence-corrected chi connectivity index (χ2v) is 4.80. The molecule has 0 saturated carbocycles. The predicted molar refractivity (Wildman–Crippen MR) is 59.9 cm³/mol. The van der Waals surface area contributed by atoms with Crippen molar-refractivity contribution in [2.24, 2.45) is 5.92 Å². The summed E-state index contributed by atoms with van der Waals surface area (Å²) in [6.45, 7) is 2.41. The topological polar surface area (TPSA) is 52.6 Å². The molecule has 1 saturated heterocycles. The number of carbonyl (C=O) groups excluding carboxylic acids is 1. The summed E-state index contributed by atoms with van der Waals surface area (Å²) < 4.78 is 37.2. The normalized spacial score (nSPS) is 26.1. The van der Waals surface area contributed by atoms with Crippen molar-refractivity contribution in [1.29, 1.82) is 0 Å². The zero-order valence-corrected chi connectivity index (χ0v) is 10.3. The van der Waals surface area contributed by atoms with E-state index in [-0.39, 0.29) is 18.6 Å². The van der Waals surface area contributed by atoms with Crippen LogP contribution in [-0.2, 0) is 4.79 Å². The number of rotatable bonds is 4. The quantitative estimate of drug-likeness (QED) is 0.791. The van der Waals surface area contributed by atoms with Crippen LogP contribution in [0.5, 0.6) is 0 Å². The van der Waals surface area contributed by atoms with Gasteiger partial charge >= 0.3 is 6.18 Å². The molecule has 0 aromatic carbocycles. The number of hydrogen-bond acceptors (Lipinski definition) is 3. The van der Waals surface area contributed by atoms with Crippen LogP contribution in [0.3, 0.4) is 0 Å². The van der Waals surface area contributed by atoms with Crippen LogP contribution in [0.4, 0.5) is 13.2 Å². The second-order valence-electron chi connectivity index (χ2n) is 4.80. The number of alkyl halides is 3. The van der Waals surface area contributed by atoms with Crippen molar-refractivity contribution in [3.05, 3.63) is 0 Å². The minimum absolute atomic E-state index is 0.0917. The van der Waals surface area contributed by atoms with Gasteiger partial charge in [0.1, 0.15) is 0 Å². The van der Waals surface area contributed by atoms with Crippen molar-refractivity contribution in [3.8, 4) is 0 Å². The lowest BCUT2D eigenvalue weighted by Gasteiger charge is -2.38. The Kier molecular flexibility index (Phi) is 5.40. The van der Waals surface area contributed by atoms with E-state index in [1.54, 1.807) is 4.90 Å². The fraction of sp³-hybridized carbons (Fsp3) is 0.909.